The standard InChI is InChI=1S/C28H41N7O23P4S.C2HF3O2/c1-33-9-10-34(19-33)11-13-47-53-61(45,51-39)54-55-62(46,52-40)58-60(43,44)49-17-24-23(36)15-25(50-24)35-16-22(26(30)32-28(35)38)6-3-12-48-59(41,42)56-57-63-18-20-4-2-5-21(14-20)27(37)31-8-7-29;3-2(4,5)1(6)7/h2,4-5,9-10,14,16,23-25,36,39-40H,7-8,11-13,15,17-19,29H2,1H3,(H,31,37)(H,41,42)(H,43,44)(H2,30,32,38);(H,6,7). The van der Waals surface area contributed by atoms with Crippen LogP contribution in [0.3, 0.4) is 0 Å². The molecular weight excluding hydrogens is 1070 g/mol. The van der Waals surface area contributed by atoms with Crippen molar-refractivity contribution < 1.29 is 127 Å². The van der Waals surface area contributed by atoms with Crippen molar-refractivity contribution in [1.82, 2.24) is 24.7 Å². The van der Waals surface area contributed by atoms with Crippen LogP contribution in [0.4, 0.5) is 19.0 Å². The zero-order chi connectivity index (χ0) is 52.3. The summed E-state index contributed by atoms with van der Waals surface area (Å²) < 4.78 is 130. The summed E-state index contributed by atoms with van der Waals surface area (Å²) in [7, 11) is -19.7. The van der Waals surface area contributed by atoms with Crippen LogP contribution in [0.2, 0.25) is 0 Å². The molecule has 1 amide bonds. The summed E-state index contributed by atoms with van der Waals surface area (Å²) in [5.74, 6) is 1.48. The molecule has 0 spiro atoms. The smallest absolute Gasteiger partial charge is 0.475 e. The van der Waals surface area contributed by atoms with Gasteiger partial charge in [0.1, 0.15) is 31.4 Å². The molecule has 0 aliphatic carbocycles. The van der Waals surface area contributed by atoms with Gasteiger partial charge in [0, 0.05) is 75.1 Å². The summed E-state index contributed by atoms with van der Waals surface area (Å²) in [4.78, 5) is 65.4. The van der Waals surface area contributed by atoms with Gasteiger partial charge in [0.15, 0.2) is 0 Å². The molecule has 4 rings (SSSR count). The third kappa shape index (κ3) is 21.0. The van der Waals surface area contributed by atoms with Gasteiger partial charge in [-0.1, -0.05) is 24.0 Å². The predicted molar refractivity (Wildman–Crippen MR) is 222 cm³/mol. The number of aliphatic hydroxyl groups excluding tert-OH is 1. The van der Waals surface area contributed by atoms with Crippen LogP contribution in [0.5, 0.6) is 0 Å². The molecular formula is C30H42F3N7O25P4S. The Hall–Kier alpha value is -3.92. The van der Waals surface area contributed by atoms with Crippen LogP contribution < -0.4 is 22.5 Å². The van der Waals surface area contributed by atoms with E-state index in [0.29, 0.717) is 29.8 Å². The van der Waals surface area contributed by atoms with Crippen molar-refractivity contribution in [2.75, 3.05) is 58.9 Å². The Balaban J connectivity index is 0.00000171. The number of anilines is 1. The molecule has 2 aliphatic rings. The van der Waals surface area contributed by atoms with Crippen LogP contribution in [0, 0.1) is 11.8 Å². The Morgan fingerprint density at radius 1 is 1.04 bits per heavy atom. The molecule has 70 heavy (non-hydrogen) atoms. The van der Waals surface area contributed by atoms with Crippen LogP contribution >= 0.6 is 43.3 Å². The number of hydrogen-bond donors (Lipinski definition) is 9. The number of phosphoric acid groups is 4. The monoisotopic (exact) mass is 1110 g/mol. The van der Waals surface area contributed by atoms with Crippen LogP contribution in [-0.4, -0.2) is 133 Å². The number of aliphatic hydroxyl groups is 1. The topological polar surface area (TPSA) is 440 Å². The summed E-state index contributed by atoms with van der Waals surface area (Å²) in [5, 5.41) is 38.2. The van der Waals surface area contributed by atoms with Gasteiger partial charge >= 0.3 is 49.1 Å². The molecule has 394 valence electrons. The van der Waals surface area contributed by atoms with E-state index in [9.17, 15) is 55.9 Å². The summed E-state index contributed by atoms with van der Waals surface area (Å²) >= 11 is 0.626. The van der Waals surface area contributed by atoms with Gasteiger partial charge in [0.25, 0.3) is 5.91 Å². The number of ether oxygens (including phenoxy) is 1. The number of carboxylic acid groups (broad SMARTS) is 1. The van der Waals surface area contributed by atoms with Gasteiger partial charge in [-0.3, -0.25) is 18.4 Å². The fraction of sp³-hybridized carbons (Fsp3) is 0.467. The number of nitrogens with zero attached hydrogens (tertiary/aromatic N) is 4. The molecule has 11 N–H and O–H groups in total. The molecule has 0 radical (unpaired) electrons. The number of amides is 1. The van der Waals surface area contributed by atoms with E-state index in [0.717, 1.165) is 10.8 Å². The largest absolute Gasteiger partial charge is 0.557 e. The second-order valence-corrected chi connectivity index (χ2v) is 19.5. The highest BCUT2D eigenvalue weighted by molar-refractivity contribution is 7.93. The number of aliphatic carboxylic acids is 1. The average Bonchev–Trinajstić information content (AvgIpc) is 3.89. The van der Waals surface area contributed by atoms with Gasteiger partial charge in [-0.2, -0.15) is 26.8 Å². The SMILES string of the molecule is CN1C=CN(CCOOP(=O)(OO)OOP(=O)(OO)OP(=O)(O)OCC2OC(n3cc(C#CCOP(=O)(O)OOSCc4cccc(C(=O)NCCN)c4)c(N)nc3=O)CC2O)C1.O=C(O)C(F)(F)F. The first-order valence-electron chi connectivity index (χ1n) is 18.6. The fourth-order valence-corrected chi connectivity index (χ4v) is 8.64. The maximum Gasteiger partial charge on any atom is 0.557 e. The van der Waals surface area contributed by atoms with E-state index < -0.39 is 80.8 Å². The zero-order valence-electron chi connectivity index (χ0n) is 35.4. The lowest BCUT2D eigenvalue weighted by Gasteiger charge is -2.20. The van der Waals surface area contributed by atoms with Crippen LogP contribution in [-0.2, 0) is 84.2 Å². The maximum atomic E-state index is 12.7. The minimum atomic E-state index is -5.77. The molecule has 7 atom stereocenters. The highest BCUT2D eigenvalue weighted by Crippen LogP contribution is 2.65. The molecule has 0 bridgehead atoms. The summed E-state index contributed by atoms with van der Waals surface area (Å²) in [6, 6.07) is 6.47. The van der Waals surface area contributed by atoms with Crippen LogP contribution in [0.25, 0.3) is 0 Å². The predicted octanol–water partition coefficient (Wildman–Crippen LogP) is 1.96. The minimum Gasteiger partial charge on any atom is -0.475 e. The number of hydrogen-bond acceptors (Lipinski definition) is 28. The average molecular weight is 1110 g/mol. The number of halogens is 3. The number of carboxylic acids is 1. The van der Waals surface area contributed by atoms with Gasteiger partial charge in [-0.15, -0.1) is 28.0 Å². The lowest BCUT2D eigenvalue weighted by atomic mass is 10.1. The normalized spacial score (nSPS) is 20.2. The Labute approximate surface area is 395 Å². The van der Waals surface area contributed by atoms with Crippen LogP contribution in [0.15, 0.2) is 47.7 Å². The quantitative estimate of drug-likeness (QED) is 0.0162. The molecule has 1 aromatic carbocycles. The fourth-order valence-electron chi connectivity index (χ4n) is 4.80. The number of nitrogens with two attached hydrogens (primary N) is 2. The van der Waals surface area contributed by atoms with Crippen molar-refractivity contribution in [3.63, 3.8) is 0 Å². The summed E-state index contributed by atoms with van der Waals surface area (Å²) in [6.07, 6.45) is -5.28. The van der Waals surface area contributed by atoms with Crippen molar-refractivity contribution in [1.29, 1.82) is 0 Å². The lowest BCUT2D eigenvalue weighted by Crippen LogP contribution is -2.29. The molecule has 32 nitrogen and oxygen atoms in total. The molecule has 0 saturated carbocycles. The maximum absolute atomic E-state index is 12.7. The molecule has 2 aliphatic heterocycles. The highest BCUT2D eigenvalue weighted by Gasteiger charge is 2.46. The van der Waals surface area contributed by atoms with E-state index in [1.165, 1.54) is 0 Å². The Kier molecular flexibility index (Phi) is 24.0. The molecule has 3 heterocycles. The molecule has 1 aromatic heterocycles. The van der Waals surface area contributed by atoms with Crippen LogP contribution in [0.1, 0.15) is 34.1 Å². The molecule has 1 saturated heterocycles. The van der Waals surface area contributed by atoms with E-state index in [-0.39, 0.29) is 55.7 Å². The first-order chi connectivity index (χ1) is 32.7. The second kappa shape index (κ2) is 27.8. The number of aromatic nitrogens is 2. The van der Waals surface area contributed by atoms with E-state index in [2.05, 4.69) is 63.9 Å². The second-order valence-electron chi connectivity index (χ2n) is 13.1. The first-order valence-corrected chi connectivity index (χ1v) is 25.5. The number of phosphoric ester groups is 2. The van der Waals surface area contributed by atoms with Crippen molar-refractivity contribution in [3.8, 4) is 11.8 Å². The molecule has 40 heteroatoms. The number of alkyl halides is 3. The van der Waals surface area contributed by atoms with Crippen molar-refractivity contribution >= 4 is 61.0 Å². The number of benzene rings is 1. The van der Waals surface area contributed by atoms with Gasteiger partial charge in [0.2, 0.25) is 0 Å². The van der Waals surface area contributed by atoms with E-state index in [4.69, 9.17) is 45.5 Å². The first kappa shape index (κ1) is 60.4. The summed E-state index contributed by atoms with van der Waals surface area (Å²) in [6.45, 7) is -0.839. The number of rotatable bonds is 26. The Morgan fingerprint density at radius 3 is 2.36 bits per heavy atom. The molecule has 1 fully saturated rings. The van der Waals surface area contributed by atoms with E-state index >= 15 is 0 Å². The highest BCUT2D eigenvalue weighted by atomic mass is 32.2. The molecule has 2 aromatic rings. The Morgan fingerprint density at radius 2 is 1.73 bits per heavy atom. The van der Waals surface area contributed by atoms with Gasteiger partial charge in [-0.05, 0) is 17.7 Å². The van der Waals surface area contributed by atoms with Gasteiger partial charge in [-0.25, -0.2) is 43.3 Å². The van der Waals surface area contributed by atoms with E-state index in [1.54, 1.807) is 48.6 Å². The third-order valence-electron chi connectivity index (χ3n) is 7.84. The minimum absolute atomic E-state index is 0.111. The number of carbonyl (C=O) groups is 2. The number of nitrogens with one attached hydrogen (secondary N) is 1. The third-order valence-corrected chi connectivity index (χ3v) is 12.7. The lowest BCUT2D eigenvalue weighted by molar-refractivity contribution is -0.296. The molecule has 7 unspecified atom stereocenters. The number of carbonyl (C=O) groups excluding carboxylic acids is 1. The van der Waals surface area contributed by atoms with E-state index in [1.807, 2.05) is 4.90 Å². The van der Waals surface area contributed by atoms with Gasteiger partial charge < -0.3 is 51.3 Å². The summed E-state index contributed by atoms with van der Waals surface area (Å²) in [5.41, 5.74) is 11.1. The number of nitrogen functional groups attached to an aromatic ring is 1. The van der Waals surface area contributed by atoms with Gasteiger partial charge in [0.05, 0.1) is 24.9 Å². The van der Waals surface area contributed by atoms with Crippen molar-refractivity contribution in [3.05, 3.63) is 70.0 Å². The van der Waals surface area contributed by atoms with Crippen molar-refractivity contribution in [2.24, 2.45) is 5.73 Å². The zero-order valence-corrected chi connectivity index (χ0v) is 39.7. The Bertz CT molecular complexity index is 2430. The van der Waals surface area contributed by atoms with Crippen molar-refractivity contribution in [2.45, 2.75) is 36.8 Å².